The average molecular weight is 331 g/mol. The van der Waals surface area contributed by atoms with E-state index in [1.54, 1.807) is 12.1 Å². The molecular formula is C12H11ClN2O5S. The van der Waals surface area contributed by atoms with Gasteiger partial charge in [0.2, 0.25) is 11.8 Å². The minimum absolute atomic E-state index is 0.491. The number of carbonyl (C=O) groups is 3. The zero-order chi connectivity index (χ0) is 15.4. The molecule has 0 spiro atoms. The summed E-state index contributed by atoms with van der Waals surface area (Å²) in [6, 6.07) is 2.63. The lowest BCUT2D eigenvalue weighted by Gasteiger charge is -2.27. The molecule has 21 heavy (non-hydrogen) atoms. The maximum absolute atomic E-state index is 12.0. The number of hydrogen-bond acceptors (Lipinski definition) is 6. The fraction of sp³-hybridized carbons (Fsp3) is 0.417. The predicted molar refractivity (Wildman–Crippen MR) is 72.8 cm³/mol. The molecule has 7 nitrogen and oxygen atoms in total. The van der Waals surface area contributed by atoms with E-state index in [0.717, 1.165) is 0 Å². The van der Waals surface area contributed by atoms with Crippen molar-refractivity contribution in [3.05, 3.63) is 21.3 Å². The van der Waals surface area contributed by atoms with Gasteiger partial charge in [-0.3, -0.25) is 25.0 Å². The molecule has 2 fully saturated rings. The van der Waals surface area contributed by atoms with Crippen molar-refractivity contribution in [2.75, 3.05) is 6.61 Å². The van der Waals surface area contributed by atoms with Gasteiger partial charge in [-0.05, 0) is 12.1 Å². The Bertz CT molecular complexity index is 647. The van der Waals surface area contributed by atoms with Crippen LogP contribution in [-0.4, -0.2) is 40.1 Å². The van der Waals surface area contributed by atoms with E-state index in [4.69, 9.17) is 11.6 Å². The summed E-state index contributed by atoms with van der Waals surface area (Å²) in [6.07, 6.45) is 0. The molecule has 2 aliphatic heterocycles. The molecule has 0 aromatic carbocycles. The third-order valence-corrected chi connectivity index (χ3v) is 5.34. The quantitative estimate of drug-likeness (QED) is 0.568. The first-order valence-electron chi connectivity index (χ1n) is 6.12. The van der Waals surface area contributed by atoms with Crippen LogP contribution in [0.2, 0.25) is 4.34 Å². The third kappa shape index (κ3) is 1.90. The van der Waals surface area contributed by atoms with Crippen molar-refractivity contribution in [2.45, 2.75) is 11.6 Å². The zero-order valence-corrected chi connectivity index (χ0v) is 12.1. The number of halogens is 1. The van der Waals surface area contributed by atoms with Crippen LogP contribution in [0.25, 0.3) is 0 Å². The van der Waals surface area contributed by atoms with Gasteiger partial charge in [0, 0.05) is 4.88 Å². The Morgan fingerprint density at radius 2 is 2.10 bits per heavy atom. The summed E-state index contributed by atoms with van der Waals surface area (Å²) < 4.78 is 0.491. The second-order valence-corrected chi connectivity index (χ2v) is 6.80. The van der Waals surface area contributed by atoms with Crippen molar-refractivity contribution in [3.63, 3.8) is 0 Å². The van der Waals surface area contributed by atoms with E-state index in [1.807, 2.05) is 0 Å². The van der Waals surface area contributed by atoms with Gasteiger partial charge in [0.05, 0.1) is 28.8 Å². The van der Waals surface area contributed by atoms with E-state index in [1.165, 1.54) is 11.3 Å². The number of carboxylic acid groups (broad SMARTS) is 1. The van der Waals surface area contributed by atoms with E-state index in [9.17, 15) is 24.6 Å². The molecule has 0 aliphatic carbocycles. The van der Waals surface area contributed by atoms with Crippen molar-refractivity contribution in [1.82, 2.24) is 10.6 Å². The summed E-state index contributed by atoms with van der Waals surface area (Å²) in [5.41, 5.74) is -1.87. The summed E-state index contributed by atoms with van der Waals surface area (Å²) in [6.45, 7) is -0.792. The van der Waals surface area contributed by atoms with Gasteiger partial charge in [-0.15, -0.1) is 11.3 Å². The van der Waals surface area contributed by atoms with Crippen LogP contribution in [0.3, 0.4) is 0 Å². The topological polar surface area (TPSA) is 116 Å². The van der Waals surface area contributed by atoms with E-state index in [0.29, 0.717) is 9.21 Å². The number of nitrogens with one attached hydrogen (secondary N) is 2. The number of carboxylic acids is 1. The summed E-state index contributed by atoms with van der Waals surface area (Å²) >= 11 is 7.07. The van der Waals surface area contributed by atoms with Crippen LogP contribution in [0.4, 0.5) is 0 Å². The first-order chi connectivity index (χ1) is 9.90. The summed E-state index contributed by atoms with van der Waals surface area (Å²) in [7, 11) is 0. The highest BCUT2D eigenvalue weighted by molar-refractivity contribution is 7.16. The highest BCUT2D eigenvalue weighted by atomic mass is 35.5. The van der Waals surface area contributed by atoms with Crippen LogP contribution in [0.15, 0.2) is 12.1 Å². The van der Waals surface area contributed by atoms with E-state index < -0.39 is 47.8 Å². The normalized spacial score (nSPS) is 34.9. The molecule has 4 N–H and O–H groups in total. The number of imide groups is 1. The van der Waals surface area contributed by atoms with E-state index in [-0.39, 0.29) is 0 Å². The second-order valence-electron chi connectivity index (χ2n) is 5.06. The van der Waals surface area contributed by atoms with Gasteiger partial charge in [0.15, 0.2) is 5.54 Å². The van der Waals surface area contributed by atoms with Crippen molar-refractivity contribution in [2.24, 2.45) is 11.8 Å². The van der Waals surface area contributed by atoms with Gasteiger partial charge < -0.3 is 10.2 Å². The molecule has 9 heteroatoms. The number of thiophene rings is 1. The molecule has 3 rings (SSSR count). The second kappa shape index (κ2) is 4.77. The van der Waals surface area contributed by atoms with Crippen molar-refractivity contribution >= 4 is 40.7 Å². The molecule has 1 aromatic rings. The molecular weight excluding hydrogens is 320 g/mol. The van der Waals surface area contributed by atoms with Crippen LogP contribution in [-0.2, 0) is 14.4 Å². The van der Waals surface area contributed by atoms with E-state index >= 15 is 0 Å². The van der Waals surface area contributed by atoms with Gasteiger partial charge in [-0.1, -0.05) is 11.6 Å². The van der Waals surface area contributed by atoms with Gasteiger partial charge in [0.1, 0.15) is 0 Å². The molecule has 0 radical (unpaired) electrons. The molecule has 2 aliphatic rings. The van der Waals surface area contributed by atoms with Gasteiger partial charge in [-0.2, -0.15) is 0 Å². The Morgan fingerprint density at radius 3 is 2.62 bits per heavy atom. The summed E-state index contributed by atoms with van der Waals surface area (Å²) in [4.78, 5) is 36.2. The zero-order valence-electron chi connectivity index (χ0n) is 10.5. The number of hydrogen-bond donors (Lipinski definition) is 4. The molecule has 4 atom stereocenters. The van der Waals surface area contributed by atoms with Gasteiger partial charge in [-0.25, -0.2) is 0 Å². The van der Waals surface area contributed by atoms with Crippen molar-refractivity contribution in [1.29, 1.82) is 0 Å². The van der Waals surface area contributed by atoms with Crippen LogP contribution >= 0.6 is 22.9 Å². The minimum Gasteiger partial charge on any atom is -0.480 e. The molecule has 3 heterocycles. The number of fused-ring (bicyclic) bond motifs is 1. The maximum atomic E-state index is 12.0. The number of amides is 2. The number of aliphatic hydroxyl groups is 1. The van der Waals surface area contributed by atoms with Crippen LogP contribution in [0, 0.1) is 11.8 Å². The Kier molecular flexibility index (Phi) is 3.28. The molecule has 2 saturated heterocycles. The fourth-order valence-electron chi connectivity index (χ4n) is 3.08. The Balaban J connectivity index is 2.10. The Hall–Kier alpha value is -1.48. The fourth-order valence-corrected chi connectivity index (χ4v) is 4.24. The number of rotatable bonds is 3. The lowest BCUT2D eigenvalue weighted by molar-refractivity contribution is -0.151. The first kappa shape index (κ1) is 14.5. The standard InChI is InChI=1S/C12H11ClN2O5S/c13-5-2-1-4(21-5)8-6-7(10(18)14-9(6)17)12(3-16,15-8)11(19)20/h1-2,6-8,15-16H,3H2,(H,19,20)(H,14,17,18). The van der Waals surface area contributed by atoms with Crippen LogP contribution in [0.1, 0.15) is 10.9 Å². The monoisotopic (exact) mass is 330 g/mol. The predicted octanol–water partition coefficient (Wildman–Crippen LogP) is -0.250. The van der Waals surface area contributed by atoms with Gasteiger partial charge in [0.25, 0.3) is 0 Å². The summed E-state index contributed by atoms with van der Waals surface area (Å²) in [5.74, 6) is -4.62. The largest absolute Gasteiger partial charge is 0.480 e. The number of aliphatic hydroxyl groups excluding tert-OH is 1. The first-order valence-corrected chi connectivity index (χ1v) is 7.32. The molecule has 1 aromatic heterocycles. The lowest BCUT2D eigenvalue weighted by atomic mass is 9.80. The third-order valence-electron chi connectivity index (χ3n) is 4.03. The average Bonchev–Trinajstić information content (AvgIpc) is 3.06. The lowest BCUT2D eigenvalue weighted by Crippen LogP contribution is -2.58. The SMILES string of the molecule is O=C1NC(=O)C2C1C(c1ccc(Cl)s1)NC2(CO)C(=O)O. The van der Waals surface area contributed by atoms with Crippen molar-refractivity contribution < 1.29 is 24.6 Å². The molecule has 4 unspecified atom stereocenters. The van der Waals surface area contributed by atoms with Gasteiger partial charge >= 0.3 is 5.97 Å². The highest BCUT2D eigenvalue weighted by Gasteiger charge is 2.66. The molecule has 112 valence electrons. The molecule has 2 amide bonds. The van der Waals surface area contributed by atoms with Crippen LogP contribution < -0.4 is 10.6 Å². The Labute approximate surface area is 127 Å². The smallest absolute Gasteiger partial charge is 0.327 e. The van der Waals surface area contributed by atoms with E-state index in [2.05, 4.69) is 10.6 Å². The number of carbonyl (C=O) groups excluding carboxylic acids is 2. The molecule has 0 saturated carbocycles. The minimum atomic E-state index is -1.87. The highest BCUT2D eigenvalue weighted by Crippen LogP contribution is 2.47. The van der Waals surface area contributed by atoms with Crippen LogP contribution in [0.5, 0.6) is 0 Å². The summed E-state index contributed by atoms with van der Waals surface area (Å²) in [5, 5.41) is 23.9. The number of aliphatic carboxylic acids is 1. The Morgan fingerprint density at radius 1 is 1.38 bits per heavy atom. The maximum Gasteiger partial charge on any atom is 0.327 e. The molecule has 0 bridgehead atoms. The van der Waals surface area contributed by atoms with Crippen molar-refractivity contribution in [3.8, 4) is 0 Å².